The molecule has 2 heterocycles. The lowest BCUT2D eigenvalue weighted by Crippen LogP contribution is -2.31. The van der Waals surface area contributed by atoms with Crippen LogP contribution in [0.2, 0.25) is 0 Å². The Hall–Kier alpha value is -2.74. The smallest absolute Gasteiger partial charge is 0.293 e. The molecule has 1 aliphatic heterocycles. The molecule has 8 nitrogen and oxygen atoms in total. The molecule has 0 aliphatic carbocycles. The van der Waals surface area contributed by atoms with Gasteiger partial charge in [0.25, 0.3) is 5.69 Å². The molecule has 3 rings (SSSR count). The Balaban J connectivity index is 1.91. The number of rotatable bonds is 5. The highest BCUT2D eigenvalue weighted by Crippen LogP contribution is 2.30. The number of carbonyl (C=O) groups excluding carboxylic acids is 1. The fraction of sp³-hybridized carbons (Fsp3) is 0.444. The highest BCUT2D eigenvalue weighted by atomic mass is 16.6. The molecule has 0 radical (unpaired) electrons. The molecule has 1 saturated heterocycles. The number of aryl methyl sites for hydroxylation is 1. The Labute approximate surface area is 152 Å². The van der Waals surface area contributed by atoms with Gasteiger partial charge in [0.2, 0.25) is 5.78 Å². The molecule has 1 aromatic heterocycles. The van der Waals surface area contributed by atoms with Gasteiger partial charge in [-0.15, -0.1) is 0 Å². The van der Waals surface area contributed by atoms with E-state index in [0.29, 0.717) is 5.69 Å². The molecule has 0 amide bonds. The van der Waals surface area contributed by atoms with Crippen LogP contribution in [0.1, 0.15) is 29.5 Å². The molecule has 0 spiro atoms. The van der Waals surface area contributed by atoms with Crippen molar-refractivity contribution < 1.29 is 9.72 Å². The van der Waals surface area contributed by atoms with Crippen molar-refractivity contribution in [1.82, 2.24) is 14.5 Å². The summed E-state index contributed by atoms with van der Waals surface area (Å²) in [6.45, 7) is 6.48. The van der Waals surface area contributed by atoms with Gasteiger partial charge in [0.15, 0.2) is 5.82 Å². The number of nitrogens with zero attached hydrogens (tertiary/aromatic N) is 5. The zero-order chi connectivity index (χ0) is 18.7. The molecule has 1 fully saturated rings. The fourth-order valence-electron chi connectivity index (χ4n) is 3.32. The quantitative estimate of drug-likeness (QED) is 0.463. The minimum atomic E-state index is -0.410. The second-order valence-electron chi connectivity index (χ2n) is 6.43. The molecule has 0 atom stereocenters. The third-order valence-electron chi connectivity index (χ3n) is 4.83. The summed E-state index contributed by atoms with van der Waals surface area (Å²) in [6.07, 6.45) is 4.17. The number of hydrogen-bond donors (Lipinski definition) is 0. The number of carbonyl (C=O) groups is 1. The van der Waals surface area contributed by atoms with Gasteiger partial charge in [-0.1, -0.05) is 6.92 Å². The van der Waals surface area contributed by atoms with E-state index in [1.54, 1.807) is 29.9 Å². The molecule has 1 aromatic carbocycles. The highest BCUT2D eigenvalue weighted by Gasteiger charge is 2.25. The molecule has 26 heavy (non-hydrogen) atoms. The predicted octanol–water partition coefficient (Wildman–Crippen LogP) is 2.09. The maximum atomic E-state index is 12.6. The van der Waals surface area contributed by atoms with Crippen molar-refractivity contribution >= 4 is 17.2 Å². The first-order valence-electron chi connectivity index (χ1n) is 8.79. The van der Waals surface area contributed by atoms with Crippen molar-refractivity contribution in [2.75, 3.05) is 37.6 Å². The number of hydrogen-bond acceptors (Lipinski definition) is 6. The number of benzene rings is 1. The lowest BCUT2D eigenvalue weighted by Gasteiger charge is -2.23. The second kappa shape index (κ2) is 7.65. The fourth-order valence-corrected chi connectivity index (χ4v) is 3.32. The molecular formula is C18H23N5O3. The first-order chi connectivity index (χ1) is 12.5. The van der Waals surface area contributed by atoms with Gasteiger partial charge >= 0.3 is 0 Å². The van der Waals surface area contributed by atoms with Crippen molar-refractivity contribution in [1.29, 1.82) is 0 Å². The van der Waals surface area contributed by atoms with Gasteiger partial charge in [0, 0.05) is 50.7 Å². The molecule has 138 valence electrons. The number of aromatic nitrogens is 2. The largest absolute Gasteiger partial charge is 0.365 e. The van der Waals surface area contributed by atoms with Gasteiger partial charge < -0.3 is 14.4 Å². The van der Waals surface area contributed by atoms with E-state index in [1.807, 2.05) is 4.90 Å². The summed E-state index contributed by atoms with van der Waals surface area (Å²) in [6, 6.07) is 4.71. The number of imidazole rings is 1. The van der Waals surface area contributed by atoms with Crippen LogP contribution in [0.4, 0.5) is 11.4 Å². The van der Waals surface area contributed by atoms with E-state index in [2.05, 4.69) is 16.8 Å². The topological polar surface area (TPSA) is 84.5 Å². The van der Waals surface area contributed by atoms with Crippen LogP contribution >= 0.6 is 0 Å². The van der Waals surface area contributed by atoms with Gasteiger partial charge in [-0.25, -0.2) is 4.98 Å². The van der Waals surface area contributed by atoms with E-state index in [9.17, 15) is 14.9 Å². The molecule has 0 unspecified atom stereocenters. The zero-order valence-electron chi connectivity index (χ0n) is 15.1. The van der Waals surface area contributed by atoms with Crippen LogP contribution in [0.25, 0.3) is 0 Å². The van der Waals surface area contributed by atoms with Crippen molar-refractivity contribution in [2.24, 2.45) is 7.05 Å². The number of nitro groups is 1. The first kappa shape index (κ1) is 18.1. The molecule has 0 N–H and O–H groups in total. The van der Waals surface area contributed by atoms with Crippen molar-refractivity contribution in [3.05, 3.63) is 52.1 Å². The van der Waals surface area contributed by atoms with Crippen LogP contribution in [-0.4, -0.2) is 57.9 Å². The summed E-state index contributed by atoms with van der Waals surface area (Å²) in [5.74, 6) is -0.0550. The van der Waals surface area contributed by atoms with Crippen molar-refractivity contribution in [2.45, 2.75) is 13.3 Å². The number of ketones is 1. The summed E-state index contributed by atoms with van der Waals surface area (Å²) >= 11 is 0. The van der Waals surface area contributed by atoms with Gasteiger partial charge in [0.1, 0.15) is 5.69 Å². The number of likely N-dealkylation sites (N-methyl/N-ethyl adjacent to an activating group) is 1. The summed E-state index contributed by atoms with van der Waals surface area (Å²) in [5, 5.41) is 11.6. The van der Waals surface area contributed by atoms with E-state index < -0.39 is 4.92 Å². The first-order valence-corrected chi connectivity index (χ1v) is 8.79. The third kappa shape index (κ3) is 3.60. The number of anilines is 1. The highest BCUT2D eigenvalue weighted by molar-refractivity contribution is 6.07. The Bertz CT molecular complexity index is 817. The Morgan fingerprint density at radius 3 is 2.73 bits per heavy atom. The van der Waals surface area contributed by atoms with Gasteiger partial charge in [-0.05, 0) is 31.6 Å². The third-order valence-corrected chi connectivity index (χ3v) is 4.83. The second-order valence-corrected chi connectivity index (χ2v) is 6.43. The maximum Gasteiger partial charge on any atom is 0.293 e. The molecule has 2 aromatic rings. The summed E-state index contributed by atoms with van der Waals surface area (Å²) in [4.78, 5) is 32.2. The molecule has 0 bridgehead atoms. The number of nitro benzene ring substituents is 1. The summed E-state index contributed by atoms with van der Waals surface area (Å²) in [5.41, 5.74) is 0.819. The molecule has 1 aliphatic rings. The van der Waals surface area contributed by atoms with E-state index in [1.165, 1.54) is 12.3 Å². The van der Waals surface area contributed by atoms with Crippen LogP contribution in [0.5, 0.6) is 0 Å². The van der Waals surface area contributed by atoms with E-state index in [0.717, 1.165) is 39.1 Å². The predicted molar refractivity (Wildman–Crippen MR) is 98.7 cm³/mol. The summed E-state index contributed by atoms with van der Waals surface area (Å²) < 4.78 is 1.61. The van der Waals surface area contributed by atoms with E-state index in [-0.39, 0.29) is 22.9 Å². The SMILES string of the molecule is CCN1CCCN(c2ccc(C(=O)c3nccn3C)cc2[N+](=O)[O-])CC1. The Morgan fingerprint density at radius 2 is 2.08 bits per heavy atom. The molecular weight excluding hydrogens is 334 g/mol. The van der Waals surface area contributed by atoms with E-state index >= 15 is 0 Å². The lowest BCUT2D eigenvalue weighted by atomic mass is 10.1. The van der Waals surface area contributed by atoms with Gasteiger partial charge in [-0.2, -0.15) is 0 Å². The minimum absolute atomic E-state index is 0.0324. The van der Waals surface area contributed by atoms with Crippen molar-refractivity contribution in [3.8, 4) is 0 Å². The average Bonchev–Trinajstić information content (AvgIpc) is 2.93. The van der Waals surface area contributed by atoms with Crippen LogP contribution in [0.15, 0.2) is 30.6 Å². The van der Waals surface area contributed by atoms with Crippen molar-refractivity contribution in [3.63, 3.8) is 0 Å². The minimum Gasteiger partial charge on any atom is -0.365 e. The molecule has 0 saturated carbocycles. The van der Waals surface area contributed by atoms with Crippen LogP contribution in [0.3, 0.4) is 0 Å². The Morgan fingerprint density at radius 1 is 1.27 bits per heavy atom. The average molecular weight is 357 g/mol. The van der Waals surface area contributed by atoms with E-state index in [4.69, 9.17) is 0 Å². The Kier molecular flexibility index (Phi) is 5.32. The normalized spacial score (nSPS) is 15.7. The standard InChI is InChI=1S/C18H23N5O3/c1-3-21-8-4-9-22(12-11-21)15-6-5-14(13-16(15)23(25)26)17(24)18-19-7-10-20(18)2/h5-7,10,13H,3-4,8-9,11-12H2,1-2H3. The van der Waals surface area contributed by atoms with Crippen LogP contribution < -0.4 is 4.90 Å². The van der Waals surface area contributed by atoms with Gasteiger partial charge in [-0.3, -0.25) is 14.9 Å². The monoisotopic (exact) mass is 357 g/mol. The lowest BCUT2D eigenvalue weighted by molar-refractivity contribution is -0.384. The summed E-state index contributed by atoms with van der Waals surface area (Å²) in [7, 11) is 1.72. The maximum absolute atomic E-state index is 12.6. The van der Waals surface area contributed by atoms with Crippen LogP contribution in [-0.2, 0) is 7.05 Å². The molecule has 8 heteroatoms. The zero-order valence-corrected chi connectivity index (χ0v) is 15.1. The van der Waals surface area contributed by atoms with Crippen LogP contribution in [0, 0.1) is 10.1 Å². The van der Waals surface area contributed by atoms with Gasteiger partial charge in [0.05, 0.1) is 4.92 Å².